The van der Waals surface area contributed by atoms with Crippen molar-refractivity contribution in [3.8, 4) is 40.2 Å². The molecule has 4 aromatic rings. The molecule has 5 rings (SSSR count). The second-order valence-corrected chi connectivity index (χ2v) is 9.48. The zero-order valence-electron chi connectivity index (χ0n) is 21.4. The van der Waals surface area contributed by atoms with Gasteiger partial charge in [-0.2, -0.15) is 0 Å². The normalized spacial score (nSPS) is 12.2. The minimum Gasteiger partial charge on any atom is -0.507 e. The van der Waals surface area contributed by atoms with Crippen molar-refractivity contribution in [2.24, 2.45) is 0 Å². The number of anilines is 1. The number of phenols is 3. The van der Waals surface area contributed by atoms with Crippen LogP contribution in [-0.2, 0) is 6.42 Å². The van der Waals surface area contributed by atoms with Crippen LogP contribution in [0.2, 0.25) is 0 Å². The number of nitrogens with two attached hydrogens (primary N) is 1. The summed E-state index contributed by atoms with van der Waals surface area (Å²) in [5.74, 6) is -3.15. The molecule has 0 radical (unpaired) electrons. The van der Waals surface area contributed by atoms with Crippen LogP contribution in [-0.4, -0.2) is 26.9 Å². The molecule has 0 atom stereocenters. The first-order chi connectivity index (χ1) is 18.7. The summed E-state index contributed by atoms with van der Waals surface area (Å²) in [5.41, 5.74) is 6.53. The molecule has 5 N–H and O–H groups in total. The van der Waals surface area contributed by atoms with Crippen molar-refractivity contribution in [2.75, 3.05) is 5.73 Å². The molecule has 0 fully saturated rings. The molecule has 0 amide bonds. The highest BCUT2D eigenvalue weighted by Crippen LogP contribution is 2.49. The lowest BCUT2D eigenvalue weighted by molar-refractivity contribution is 0.0971. The van der Waals surface area contributed by atoms with Crippen LogP contribution < -0.4 is 15.2 Å². The molecule has 8 heteroatoms. The van der Waals surface area contributed by atoms with E-state index in [0.717, 1.165) is 36.5 Å². The maximum atomic E-state index is 13.5. The number of carbonyl (C=O) groups excluding carboxylic acids is 2. The molecule has 0 saturated carbocycles. The van der Waals surface area contributed by atoms with Gasteiger partial charge < -0.3 is 30.5 Å². The monoisotopic (exact) mass is 525 g/mol. The predicted molar refractivity (Wildman–Crippen MR) is 146 cm³/mol. The second-order valence-electron chi connectivity index (χ2n) is 9.48. The van der Waals surface area contributed by atoms with E-state index >= 15 is 0 Å². The molecular formula is C31H27NO7. The molecule has 0 saturated heterocycles. The quantitative estimate of drug-likeness (QED) is 0.141. The van der Waals surface area contributed by atoms with Crippen molar-refractivity contribution >= 4 is 17.3 Å². The van der Waals surface area contributed by atoms with Crippen LogP contribution in [0.1, 0.15) is 62.7 Å². The van der Waals surface area contributed by atoms with Gasteiger partial charge in [-0.3, -0.25) is 9.59 Å². The van der Waals surface area contributed by atoms with Gasteiger partial charge in [-0.05, 0) is 49.6 Å². The van der Waals surface area contributed by atoms with Gasteiger partial charge in [0.1, 0.15) is 17.2 Å². The molecule has 1 aliphatic carbocycles. The fourth-order valence-electron chi connectivity index (χ4n) is 4.59. The lowest BCUT2D eigenvalue weighted by Crippen LogP contribution is -2.23. The Hall–Kier alpha value is -4.98. The highest BCUT2D eigenvalue weighted by molar-refractivity contribution is 6.33. The Bertz CT molecular complexity index is 1610. The molecule has 0 spiro atoms. The number of hydrogen-bond acceptors (Lipinski definition) is 8. The van der Waals surface area contributed by atoms with Gasteiger partial charge >= 0.3 is 0 Å². The van der Waals surface area contributed by atoms with Gasteiger partial charge in [0.25, 0.3) is 0 Å². The first-order valence-electron chi connectivity index (χ1n) is 12.5. The van der Waals surface area contributed by atoms with Gasteiger partial charge in [0, 0.05) is 17.8 Å². The van der Waals surface area contributed by atoms with Crippen molar-refractivity contribution in [3.63, 3.8) is 0 Å². The van der Waals surface area contributed by atoms with Gasteiger partial charge in [-0.15, -0.1) is 0 Å². The second kappa shape index (κ2) is 10.1. The number of phenolic OH excluding ortho intramolecular Hbond substituents is 3. The van der Waals surface area contributed by atoms with E-state index in [-0.39, 0.29) is 22.7 Å². The SMILES string of the molecule is CCCCc1ccc(Oc2cc(N)c3c(c2O)C(=O)c2c(O)cc(Oc4ccc(C)cc4)c(O)c2C3=O)cc1. The smallest absolute Gasteiger partial charge is 0.202 e. The molecule has 0 bridgehead atoms. The van der Waals surface area contributed by atoms with Gasteiger partial charge in [0.2, 0.25) is 11.6 Å². The fraction of sp³-hybridized carbons (Fsp3) is 0.161. The number of benzene rings is 4. The van der Waals surface area contributed by atoms with E-state index in [2.05, 4.69) is 6.92 Å². The lowest BCUT2D eigenvalue weighted by Gasteiger charge is -2.23. The molecule has 0 unspecified atom stereocenters. The van der Waals surface area contributed by atoms with Crippen LogP contribution in [0.25, 0.3) is 0 Å². The third kappa shape index (κ3) is 4.61. The van der Waals surface area contributed by atoms with Crippen LogP contribution in [0.3, 0.4) is 0 Å². The summed E-state index contributed by atoms with van der Waals surface area (Å²) in [5, 5.41) is 32.7. The van der Waals surface area contributed by atoms with E-state index in [9.17, 15) is 24.9 Å². The Balaban J connectivity index is 1.53. The Morgan fingerprint density at radius 1 is 0.718 bits per heavy atom. The Labute approximate surface area is 224 Å². The molecular weight excluding hydrogens is 498 g/mol. The lowest BCUT2D eigenvalue weighted by atomic mass is 9.81. The number of carbonyl (C=O) groups is 2. The molecule has 0 aliphatic heterocycles. The Morgan fingerprint density at radius 3 is 1.82 bits per heavy atom. The largest absolute Gasteiger partial charge is 0.507 e. The van der Waals surface area contributed by atoms with E-state index in [1.54, 1.807) is 36.4 Å². The average molecular weight is 526 g/mol. The van der Waals surface area contributed by atoms with E-state index in [1.807, 2.05) is 19.1 Å². The predicted octanol–water partition coefficient (Wildman–Crippen LogP) is 6.40. The molecule has 1 aliphatic rings. The standard InChI is InChI=1S/C31H27NO7/c1-3-4-5-17-8-12-19(13-9-17)38-22-14-20(32)24-26(28(22)34)31(37)25-21(33)15-23(29(35)27(25)30(24)36)39-18-10-6-16(2)7-11-18/h6-15,33-35H,3-5,32H2,1-2H3. The summed E-state index contributed by atoms with van der Waals surface area (Å²) in [6.07, 6.45) is 3.06. The van der Waals surface area contributed by atoms with E-state index in [4.69, 9.17) is 15.2 Å². The summed E-state index contributed by atoms with van der Waals surface area (Å²) >= 11 is 0. The summed E-state index contributed by atoms with van der Waals surface area (Å²) in [7, 11) is 0. The van der Waals surface area contributed by atoms with Crippen LogP contribution in [0.15, 0.2) is 60.7 Å². The van der Waals surface area contributed by atoms with Crippen molar-refractivity contribution in [1.82, 2.24) is 0 Å². The van der Waals surface area contributed by atoms with Crippen molar-refractivity contribution < 1.29 is 34.4 Å². The zero-order valence-corrected chi connectivity index (χ0v) is 21.4. The Morgan fingerprint density at radius 2 is 1.23 bits per heavy atom. The topological polar surface area (TPSA) is 139 Å². The first kappa shape index (κ1) is 25.7. The van der Waals surface area contributed by atoms with Gasteiger partial charge in [0.05, 0.1) is 22.3 Å². The van der Waals surface area contributed by atoms with E-state index in [0.29, 0.717) is 11.5 Å². The van der Waals surface area contributed by atoms with Gasteiger partial charge in [-0.25, -0.2) is 0 Å². The van der Waals surface area contributed by atoms with Gasteiger partial charge in [-0.1, -0.05) is 43.2 Å². The summed E-state index contributed by atoms with van der Waals surface area (Å²) in [6, 6.07) is 16.5. The maximum Gasteiger partial charge on any atom is 0.202 e. The molecule has 4 aromatic carbocycles. The number of ketones is 2. The van der Waals surface area contributed by atoms with Crippen molar-refractivity contribution in [2.45, 2.75) is 33.1 Å². The maximum absolute atomic E-state index is 13.5. The highest BCUT2D eigenvalue weighted by atomic mass is 16.5. The van der Waals surface area contributed by atoms with E-state index < -0.39 is 45.5 Å². The van der Waals surface area contributed by atoms with Crippen LogP contribution in [0.5, 0.6) is 40.2 Å². The van der Waals surface area contributed by atoms with Crippen LogP contribution >= 0.6 is 0 Å². The first-order valence-corrected chi connectivity index (χ1v) is 12.5. The number of hydrogen-bond donors (Lipinski definition) is 4. The third-order valence-corrected chi connectivity index (χ3v) is 6.67. The number of ether oxygens (including phenoxy) is 2. The molecule has 8 nitrogen and oxygen atoms in total. The highest BCUT2D eigenvalue weighted by Gasteiger charge is 2.40. The number of fused-ring (bicyclic) bond motifs is 2. The van der Waals surface area contributed by atoms with Crippen molar-refractivity contribution in [3.05, 3.63) is 94.0 Å². The minimum atomic E-state index is -0.890. The van der Waals surface area contributed by atoms with E-state index in [1.165, 1.54) is 6.07 Å². The number of rotatable bonds is 7. The average Bonchev–Trinajstić information content (AvgIpc) is 2.91. The van der Waals surface area contributed by atoms with Crippen LogP contribution in [0, 0.1) is 6.92 Å². The molecule has 198 valence electrons. The van der Waals surface area contributed by atoms with Crippen molar-refractivity contribution in [1.29, 1.82) is 0 Å². The van der Waals surface area contributed by atoms with Crippen LogP contribution in [0.4, 0.5) is 5.69 Å². The molecule has 0 aromatic heterocycles. The number of nitrogen functional groups attached to an aromatic ring is 1. The summed E-state index contributed by atoms with van der Waals surface area (Å²) in [6.45, 7) is 4.01. The zero-order chi connectivity index (χ0) is 27.8. The summed E-state index contributed by atoms with van der Waals surface area (Å²) in [4.78, 5) is 27.1. The molecule has 0 heterocycles. The number of aromatic hydroxyl groups is 3. The summed E-state index contributed by atoms with van der Waals surface area (Å²) < 4.78 is 11.5. The minimum absolute atomic E-state index is 0.125. The third-order valence-electron chi connectivity index (χ3n) is 6.67. The number of aryl methyl sites for hydroxylation is 2. The fourth-order valence-corrected chi connectivity index (χ4v) is 4.59. The molecule has 39 heavy (non-hydrogen) atoms. The Kier molecular flexibility index (Phi) is 6.62. The van der Waals surface area contributed by atoms with Gasteiger partial charge in [0.15, 0.2) is 23.0 Å². The number of unbranched alkanes of at least 4 members (excludes halogenated alkanes) is 1.